The SMILES string of the molecule is COc1cc(CCS(=O)(=O)F)cc2c1OCCO2. The van der Waals surface area contributed by atoms with Gasteiger partial charge in [-0.25, -0.2) is 0 Å². The fourth-order valence-corrected chi connectivity index (χ4v) is 2.19. The summed E-state index contributed by atoms with van der Waals surface area (Å²) in [7, 11) is -3.00. The van der Waals surface area contributed by atoms with Crippen molar-refractivity contribution in [3.05, 3.63) is 17.7 Å². The quantitative estimate of drug-likeness (QED) is 0.776. The van der Waals surface area contributed by atoms with Crippen molar-refractivity contribution in [3.63, 3.8) is 0 Å². The highest BCUT2D eigenvalue weighted by molar-refractivity contribution is 7.86. The molecule has 1 aliphatic heterocycles. The molecule has 0 fully saturated rings. The van der Waals surface area contributed by atoms with Gasteiger partial charge in [-0.3, -0.25) is 0 Å². The maximum absolute atomic E-state index is 12.5. The lowest BCUT2D eigenvalue weighted by Gasteiger charge is -2.21. The molecule has 100 valence electrons. The number of aryl methyl sites for hydroxylation is 1. The third-order valence-electron chi connectivity index (χ3n) is 2.52. The van der Waals surface area contributed by atoms with Crippen molar-refractivity contribution in [2.24, 2.45) is 0 Å². The minimum atomic E-state index is -4.48. The van der Waals surface area contributed by atoms with E-state index in [1.54, 1.807) is 12.1 Å². The summed E-state index contributed by atoms with van der Waals surface area (Å²) in [6.45, 7) is 0.850. The summed E-state index contributed by atoms with van der Waals surface area (Å²) in [6.07, 6.45) is 0.0613. The summed E-state index contributed by atoms with van der Waals surface area (Å²) < 4.78 is 49.4. The van der Waals surface area contributed by atoms with Crippen molar-refractivity contribution in [2.45, 2.75) is 6.42 Å². The number of hydrogen-bond acceptors (Lipinski definition) is 5. The van der Waals surface area contributed by atoms with Crippen molar-refractivity contribution in [1.29, 1.82) is 0 Å². The van der Waals surface area contributed by atoms with Crippen LogP contribution in [0.3, 0.4) is 0 Å². The molecule has 1 aliphatic rings. The molecular formula is C11H13FO5S. The molecule has 0 N–H and O–H groups in total. The molecule has 0 saturated heterocycles. The maximum Gasteiger partial charge on any atom is 0.302 e. The van der Waals surface area contributed by atoms with Crippen LogP contribution in [0, 0.1) is 0 Å². The van der Waals surface area contributed by atoms with Gasteiger partial charge in [-0.1, -0.05) is 0 Å². The lowest BCUT2D eigenvalue weighted by Crippen LogP contribution is -2.16. The maximum atomic E-state index is 12.5. The third kappa shape index (κ3) is 3.04. The van der Waals surface area contributed by atoms with Crippen LogP contribution < -0.4 is 14.2 Å². The first-order valence-electron chi connectivity index (χ1n) is 5.38. The summed E-state index contributed by atoms with van der Waals surface area (Å²) in [5.41, 5.74) is 0.623. The number of halogens is 1. The van der Waals surface area contributed by atoms with Gasteiger partial charge < -0.3 is 14.2 Å². The highest BCUT2D eigenvalue weighted by Gasteiger charge is 2.19. The van der Waals surface area contributed by atoms with Gasteiger partial charge in [-0.15, -0.1) is 3.89 Å². The Hall–Kier alpha value is -1.50. The Bertz CT molecular complexity index is 523. The zero-order valence-corrected chi connectivity index (χ0v) is 10.6. The smallest absolute Gasteiger partial charge is 0.302 e. The molecule has 0 saturated carbocycles. The molecular weight excluding hydrogens is 263 g/mol. The van der Waals surface area contributed by atoms with E-state index in [1.165, 1.54) is 7.11 Å². The number of methoxy groups -OCH3 is 1. The monoisotopic (exact) mass is 276 g/mol. The molecule has 18 heavy (non-hydrogen) atoms. The molecule has 1 aromatic rings. The van der Waals surface area contributed by atoms with Crippen LogP contribution >= 0.6 is 0 Å². The van der Waals surface area contributed by atoms with Crippen molar-refractivity contribution < 1.29 is 26.5 Å². The Kier molecular flexibility index (Phi) is 3.60. The first-order chi connectivity index (χ1) is 8.49. The topological polar surface area (TPSA) is 61.8 Å². The van der Waals surface area contributed by atoms with Crippen LogP contribution in [-0.4, -0.2) is 34.5 Å². The highest BCUT2D eigenvalue weighted by atomic mass is 32.3. The Morgan fingerprint density at radius 3 is 2.72 bits per heavy atom. The summed E-state index contributed by atoms with van der Waals surface area (Å²) in [5.74, 6) is 0.886. The average molecular weight is 276 g/mol. The molecule has 0 radical (unpaired) electrons. The molecule has 2 rings (SSSR count). The Labute approximate surface area is 105 Å². The fourth-order valence-electron chi connectivity index (χ4n) is 1.71. The van der Waals surface area contributed by atoms with Crippen molar-refractivity contribution in [2.75, 3.05) is 26.1 Å². The van der Waals surface area contributed by atoms with Crippen LogP contribution in [0.15, 0.2) is 12.1 Å². The van der Waals surface area contributed by atoms with Gasteiger partial charge >= 0.3 is 10.2 Å². The summed E-state index contributed by atoms with van der Waals surface area (Å²) in [6, 6.07) is 3.26. The Balaban J connectivity index is 2.27. The number of ether oxygens (including phenoxy) is 3. The van der Waals surface area contributed by atoms with E-state index in [4.69, 9.17) is 14.2 Å². The predicted octanol–water partition coefficient (Wildman–Crippen LogP) is 1.31. The Morgan fingerprint density at radius 2 is 2.06 bits per heavy atom. The largest absolute Gasteiger partial charge is 0.493 e. The van der Waals surface area contributed by atoms with Crippen LogP contribution in [0.2, 0.25) is 0 Å². The van der Waals surface area contributed by atoms with Gasteiger partial charge in [0.25, 0.3) is 0 Å². The molecule has 1 heterocycles. The lowest BCUT2D eigenvalue weighted by molar-refractivity contribution is 0.165. The second kappa shape index (κ2) is 5.01. The molecule has 0 bridgehead atoms. The number of benzene rings is 1. The van der Waals surface area contributed by atoms with E-state index in [0.29, 0.717) is 36.0 Å². The van der Waals surface area contributed by atoms with Gasteiger partial charge in [-0.2, -0.15) is 8.42 Å². The van der Waals surface area contributed by atoms with Crippen LogP contribution in [0.4, 0.5) is 3.89 Å². The molecule has 0 amide bonds. The molecule has 7 heteroatoms. The van der Waals surface area contributed by atoms with Crippen LogP contribution in [0.5, 0.6) is 17.2 Å². The molecule has 0 atom stereocenters. The van der Waals surface area contributed by atoms with Crippen LogP contribution in [0.25, 0.3) is 0 Å². The van der Waals surface area contributed by atoms with Gasteiger partial charge in [0, 0.05) is 0 Å². The molecule has 0 aromatic heterocycles. The molecule has 1 aromatic carbocycles. The minimum Gasteiger partial charge on any atom is -0.493 e. The number of fused-ring (bicyclic) bond motifs is 1. The van der Waals surface area contributed by atoms with E-state index in [2.05, 4.69) is 0 Å². The predicted molar refractivity (Wildman–Crippen MR) is 62.6 cm³/mol. The average Bonchev–Trinajstić information content (AvgIpc) is 2.34. The van der Waals surface area contributed by atoms with Gasteiger partial charge in [0.1, 0.15) is 13.2 Å². The van der Waals surface area contributed by atoms with Gasteiger partial charge in [0.15, 0.2) is 11.5 Å². The minimum absolute atomic E-state index is 0.0613. The van der Waals surface area contributed by atoms with E-state index < -0.39 is 16.0 Å². The van der Waals surface area contributed by atoms with Crippen molar-refractivity contribution in [3.8, 4) is 17.2 Å². The van der Waals surface area contributed by atoms with E-state index >= 15 is 0 Å². The lowest BCUT2D eigenvalue weighted by atomic mass is 10.1. The first kappa shape index (κ1) is 12.9. The molecule has 0 aliphatic carbocycles. The van der Waals surface area contributed by atoms with Gasteiger partial charge in [0.05, 0.1) is 12.9 Å². The summed E-state index contributed by atoms with van der Waals surface area (Å²) >= 11 is 0. The second-order valence-corrected chi connectivity index (χ2v) is 5.30. The van der Waals surface area contributed by atoms with Crippen molar-refractivity contribution >= 4 is 10.2 Å². The van der Waals surface area contributed by atoms with E-state index in [1.807, 2.05) is 0 Å². The summed E-state index contributed by atoms with van der Waals surface area (Å²) in [5, 5.41) is 0. The first-order valence-corrected chi connectivity index (χ1v) is 6.94. The number of hydrogen-bond donors (Lipinski definition) is 0. The molecule has 0 spiro atoms. The van der Waals surface area contributed by atoms with Gasteiger partial charge in [0.2, 0.25) is 5.75 Å². The second-order valence-electron chi connectivity index (χ2n) is 3.82. The fraction of sp³-hybridized carbons (Fsp3) is 0.455. The van der Waals surface area contributed by atoms with Crippen LogP contribution in [-0.2, 0) is 16.6 Å². The standard InChI is InChI=1S/C11H13FO5S/c1-15-9-6-8(2-5-18(12,13)14)7-10-11(9)17-4-3-16-10/h6-7H,2-5H2,1H3. The highest BCUT2D eigenvalue weighted by Crippen LogP contribution is 2.40. The summed E-state index contributed by atoms with van der Waals surface area (Å²) in [4.78, 5) is 0. The van der Waals surface area contributed by atoms with E-state index in [9.17, 15) is 12.3 Å². The molecule has 0 unspecified atom stereocenters. The zero-order valence-electron chi connectivity index (χ0n) is 9.81. The Morgan fingerprint density at radius 1 is 1.33 bits per heavy atom. The third-order valence-corrected chi connectivity index (χ3v) is 3.21. The number of rotatable bonds is 4. The van der Waals surface area contributed by atoms with Crippen LogP contribution in [0.1, 0.15) is 5.56 Å². The van der Waals surface area contributed by atoms with Gasteiger partial charge in [-0.05, 0) is 24.1 Å². The van der Waals surface area contributed by atoms with E-state index in [0.717, 1.165) is 0 Å². The van der Waals surface area contributed by atoms with E-state index in [-0.39, 0.29) is 6.42 Å². The zero-order chi connectivity index (χ0) is 13.2. The normalized spacial score (nSPS) is 14.3. The van der Waals surface area contributed by atoms with Crippen molar-refractivity contribution in [1.82, 2.24) is 0 Å². The molecule has 5 nitrogen and oxygen atoms in total.